The zero-order valence-electron chi connectivity index (χ0n) is 9.35. The summed E-state index contributed by atoms with van der Waals surface area (Å²) < 4.78 is 2.01. The van der Waals surface area contributed by atoms with Crippen molar-refractivity contribution in [3.63, 3.8) is 0 Å². The summed E-state index contributed by atoms with van der Waals surface area (Å²) in [6, 6.07) is 6.02. The summed E-state index contributed by atoms with van der Waals surface area (Å²) in [7, 11) is 0. The average Bonchev–Trinajstić information content (AvgIpc) is 2.34. The minimum Gasteiger partial charge on any atom is -0.257 e. The zero-order valence-corrected chi connectivity index (χ0v) is 10.2. The van der Waals surface area contributed by atoms with Gasteiger partial charge >= 0.3 is 0 Å². The van der Waals surface area contributed by atoms with Crippen LogP contribution in [0.4, 0.5) is 0 Å². The van der Waals surface area contributed by atoms with Crippen LogP contribution in [0.1, 0.15) is 26.0 Å². The first-order valence-corrected chi connectivity index (χ1v) is 5.80. The Kier molecular flexibility index (Phi) is 5.43. The molecule has 0 radical (unpaired) electrons. The first-order chi connectivity index (χ1) is 7.36. The van der Waals surface area contributed by atoms with Crippen molar-refractivity contribution < 1.29 is 0 Å². The maximum absolute atomic E-state index is 4.32. The molecule has 0 fully saturated rings. The SMILES string of the molecule is CC.SN1CC=C(c2ccccn2)CC1. The van der Waals surface area contributed by atoms with Gasteiger partial charge in [0.1, 0.15) is 0 Å². The summed E-state index contributed by atoms with van der Waals surface area (Å²) >= 11 is 4.28. The van der Waals surface area contributed by atoms with E-state index in [9.17, 15) is 0 Å². The first-order valence-electron chi connectivity index (χ1n) is 5.40. The van der Waals surface area contributed by atoms with Crippen LogP contribution in [0.15, 0.2) is 30.5 Å². The van der Waals surface area contributed by atoms with E-state index in [1.54, 1.807) is 0 Å². The largest absolute Gasteiger partial charge is 0.257 e. The Hall–Kier alpha value is -0.800. The van der Waals surface area contributed by atoms with Gasteiger partial charge in [0.25, 0.3) is 0 Å². The summed E-state index contributed by atoms with van der Waals surface area (Å²) in [6.45, 7) is 5.92. The first kappa shape index (κ1) is 12.3. The molecule has 1 aromatic rings. The molecule has 0 atom stereocenters. The highest BCUT2D eigenvalue weighted by Crippen LogP contribution is 2.20. The number of nitrogens with zero attached hydrogens (tertiary/aromatic N) is 2. The van der Waals surface area contributed by atoms with E-state index < -0.39 is 0 Å². The molecule has 0 N–H and O–H groups in total. The van der Waals surface area contributed by atoms with Crippen LogP contribution >= 0.6 is 12.8 Å². The molecule has 2 heterocycles. The molecule has 0 saturated heterocycles. The van der Waals surface area contributed by atoms with Crippen molar-refractivity contribution >= 4 is 18.4 Å². The minimum atomic E-state index is 0.912. The van der Waals surface area contributed by atoms with Crippen molar-refractivity contribution in [2.45, 2.75) is 20.3 Å². The van der Waals surface area contributed by atoms with Gasteiger partial charge in [-0.3, -0.25) is 4.98 Å². The lowest BCUT2D eigenvalue weighted by atomic mass is 10.1. The molecule has 0 aliphatic carbocycles. The van der Waals surface area contributed by atoms with Gasteiger partial charge in [0, 0.05) is 19.3 Å². The molecule has 0 amide bonds. The zero-order chi connectivity index (χ0) is 11.1. The number of thiol groups is 1. The molecule has 1 aliphatic heterocycles. The van der Waals surface area contributed by atoms with E-state index in [1.807, 2.05) is 36.5 Å². The number of aromatic nitrogens is 1. The van der Waals surface area contributed by atoms with Gasteiger partial charge in [-0.05, 0) is 24.1 Å². The van der Waals surface area contributed by atoms with Crippen molar-refractivity contribution in [1.82, 2.24) is 9.29 Å². The molecule has 0 spiro atoms. The quantitative estimate of drug-likeness (QED) is 0.735. The van der Waals surface area contributed by atoms with Gasteiger partial charge in [-0.15, -0.1) is 0 Å². The molecule has 0 unspecified atom stereocenters. The number of hydrogen-bond acceptors (Lipinski definition) is 3. The Bertz CT molecular complexity index is 309. The van der Waals surface area contributed by atoms with Crippen molar-refractivity contribution in [1.29, 1.82) is 0 Å². The second-order valence-corrected chi connectivity index (χ2v) is 3.67. The lowest BCUT2D eigenvalue weighted by Gasteiger charge is -2.20. The molecule has 1 aromatic heterocycles. The molecule has 1 aliphatic rings. The predicted octanol–water partition coefficient (Wildman–Crippen LogP) is 3.04. The van der Waals surface area contributed by atoms with Gasteiger partial charge < -0.3 is 0 Å². The summed E-state index contributed by atoms with van der Waals surface area (Å²) in [5.41, 5.74) is 2.44. The normalized spacial score (nSPS) is 16.3. The number of rotatable bonds is 1. The average molecular weight is 222 g/mol. The highest BCUT2D eigenvalue weighted by molar-refractivity contribution is 7.77. The van der Waals surface area contributed by atoms with E-state index in [0.717, 1.165) is 25.2 Å². The molecular weight excluding hydrogens is 204 g/mol. The second-order valence-electron chi connectivity index (χ2n) is 3.11. The molecule has 2 nitrogen and oxygen atoms in total. The van der Waals surface area contributed by atoms with Crippen molar-refractivity contribution in [3.8, 4) is 0 Å². The Labute approximate surface area is 97.6 Å². The molecular formula is C12H18N2S. The number of hydrogen-bond donors (Lipinski definition) is 1. The van der Waals surface area contributed by atoms with Gasteiger partial charge in [0.2, 0.25) is 0 Å². The van der Waals surface area contributed by atoms with Gasteiger partial charge in [-0.1, -0.05) is 38.8 Å². The third-order valence-electron chi connectivity index (χ3n) is 2.18. The molecule has 0 saturated carbocycles. The summed E-state index contributed by atoms with van der Waals surface area (Å²) in [5.74, 6) is 0. The van der Waals surface area contributed by atoms with Crippen LogP contribution in [-0.2, 0) is 0 Å². The highest BCUT2D eigenvalue weighted by atomic mass is 32.1. The maximum Gasteiger partial charge on any atom is 0.0659 e. The molecule has 3 heteroatoms. The minimum absolute atomic E-state index is 0.912. The topological polar surface area (TPSA) is 16.1 Å². The van der Waals surface area contributed by atoms with E-state index in [-0.39, 0.29) is 0 Å². The fourth-order valence-corrected chi connectivity index (χ4v) is 1.63. The van der Waals surface area contributed by atoms with Gasteiger partial charge in [0.15, 0.2) is 0 Å². The van der Waals surface area contributed by atoms with E-state index in [0.29, 0.717) is 0 Å². The van der Waals surface area contributed by atoms with Crippen LogP contribution in [0.5, 0.6) is 0 Å². The van der Waals surface area contributed by atoms with Crippen LogP contribution in [0.25, 0.3) is 5.57 Å². The molecule has 82 valence electrons. The Morgan fingerprint density at radius 1 is 1.33 bits per heavy atom. The van der Waals surface area contributed by atoms with Crippen LogP contribution < -0.4 is 0 Å². The molecule has 2 rings (SSSR count). The molecule has 0 bridgehead atoms. The molecule has 15 heavy (non-hydrogen) atoms. The van der Waals surface area contributed by atoms with Crippen molar-refractivity contribution in [2.24, 2.45) is 0 Å². The molecule has 0 aromatic carbocycles. The van der Waals surface area contributed by atoms with E-state index in [2.05, 4.69) is 29.9 Å². The van der Waals surface area contributed by atoms with Gasteiger partial charge in [0.05, 0.1) is 5.69 Å². The van der Waals surface area contributed by atoms with E-state index >= 15 is 0 Å². The third kappa shape index (κ3) is 3.68. The summed E-state index contributed by atoms with van der Waals surface area (Å²) in [6.07, 6.45) is 5.07. The van der Waals surface area contributed by atoms with E-state index in [1.165, 1.54) is 5.57 Å². The van der Waals surface area contributed by atoms with Crippen LogP contribution in [0, 0.1) is 0 Å². The third-order valence-corrected chi connectivity index (χ3v) is 2.54. The Balaban J connectivity index is 0.000000531. The maximum atomic E-state index is 4.32. The smallest absolute Gasteiger partial charge is 0.0659 e. The Morgan fingerprint density at radius 2 is 2.13 bits per heavy atom. The second kappa shape index (κ2) is 6.64. The summed E-state index contributed by atoms with van der Waals surface area (Å²) in [5, 5.41) is 0. The standard InChI is InChI=1S/C10H12N2S.C2H6/c13-12-7-4-9(5-8-12)10-3-1-2-6-11-10;1-2/h1-4,6,13H,5,7-8H2;1-2H3. The van der Waals surface area contributed by atoms with E-state index in [4.69, 9.17) is 0 Å². The fraction of sp³-hybridized carbons (Fsp3) is 0.417. The van der Waals surface area contributed by atoms with Gasteiger partial charge in [-0.25, -0.2) is 4.31 Å². The predicted molar refractivity (Wildman–Crippen MR) is 68.7 cm³/mol. The summed E-state index contributed by atoms with van der Waals surface area (Å²) in [4.78, 5) is 4.32. The number of pyridine rings is 1. The van der Waals surface area contributed by atoms with Crippen LogP contribution in [0.2, 0.25) is 0 Å². The lowest BCUT2D eigenvalue weighted by Crippen LogP contribution is -2.18. The van der Waals surface area contributed by atoms with Crippen molar-refractivity contribution in [2.75, 3.05) is 13.1 Å². The monoisotopic (exact) mass is 222 g/mol. The van der Waals surface area contributed by atoms with Crippen molar-refractivity contribution in [3.05, 3.63) is 36.2 Å². The highest BCUT2D eigenvalue weighted by Gasteiger charge is 2.09. The Morgan fingerprint density at radius 3 is 2.67 bits per heavy atom. The van der Waals surface area contributed by atoms with Crippen LogP contribution in [-0.4, -0.2) is 22.4 Å². The lowest BCUT2D eigenvalue weighted by molar-refractivity contribution is 0.522. The van der Waals surface area contributed by atoms with Crippen LogP contribution in [0.3, 0.4) is 0 Å². The fourth-order valence-electron chi connectivity index (χ4n) is 1.44. The van der Waals surface area contributed by atoms with Gasteiger partial charge in [-0.2, -0.15) is 0 Å².